The maximum absolute atomic E-state index is 12.5. The average Bonchev–Trinajstić information content (AvgIpc) is 3.35. The van der Waals surface area contributed by atoms with E-state index in [-0.39, 0.29) is 17.9 Å². The van der Waals surface area contributed by atoms with Crippen LogP contribution in [0.1, 0.15) is 44.2 Å². The molecule has 0 aliphatic carbocycles. The molecule has 142 valence electrons. The van der Waals surface area contributed by atoms with Crippen LogP contribution in [-0.2, 0) is 11.3 Å². The second kappa shape index (κ2) is 8.07. The third kappa shape index (κ3) is 4.19. The van der Waals surface area contributed by atoms with E-state index < -0.39 is 0 Å². The van der Waals surface area contributed by atoms with Crippen LogP contribution in [0.15, 0.2) is 47.2 Å². The Morgan fingerprint density at radius 1 is 1.30 bits per heavy atom. The van der Waals surface area contributed by atoms with Crippen LogP contribution < -0.4 is 10.1 Å². The van der Waals surface area contributed by atoms with Crippen LogP contribution in [0.2, 0.25) is 0 Å². The number of carbonyl (C=O) groups excluding carboxylic acids is 1. The summed E-state index contributed by atoms with van der Waals surface area (Å²) < 4.78 is 12.5. The number of amides is 1. The first-order valence-corrected chi connectivity index (χ1v) is 8.90. The molecular formula is C20H24N4O3. The Morgan fingerprint density at radius 3 is 2.85 bits per heavy atom. The van der Waals surface area contributed by atoms with E-state index in [0.717, 1.165) is 17.1 Å². The van der Waals surface area contributed by atoms with Gasteiger partial charge >= 0.3 is 0 Å². The van der Waals surface area contributed by atoms with Crippen LogP contribution in [0.25, 0.3) is 11.3 Å². The Kier molecular flexibility index (Phi) is 5.59. The van der Waals surface area contributed by atoms with E-state index in [2.05, 4.69) is 29.3 Å². The van der Waals surface area contributed by atoms with E-state index in [0.29, 0.717) is 18.0 Å². The summed E-state index contributed by atoms with van der Waals surface area (Å²) in [5, 5.41) is 6.94. The number of carbonyl (C=O) groups is 1. The van der Waals surface area contributed by atoms with Crippen LogP contribution in [0, 0.1) is 0 Å². The molecule has 0 saturated heterocycles. The lowest BCUT2D eigenvalue weighted by Gasteiger charge is -2.17. The van der Waals surface area contributed by atoms with Crippen molar-refractivity contribution in [2.24, 2.45) is 0 Å². The van der Waals surface area contributed by atoms with E-state index in [1.807, 2.05) is 48.0 Å². The van der Waals surface area contributed by atoms with Gasteiger partial charge in [-0.1, -0.05) is 31.1 Å². The summed E-state index contributed by atoms with van der Waals surface area (Å²) in [5.74, 6) is 2.41. The quantitative estimate of drug-likeness (QED) is 0.690. The zero-order valence-electron chi connectivity index (χ0n) is 16.0. The molecule has 2 heterocycles. The molecule has 1 aromatic carbocycles. The van der Waals surface area contributed by atoms with Gasteiger partial charge in [0, 0.05) is 29.9 Å². The zero-order valence-corrected chi connectivity index (χ0v) is 16.0. The van der Waals surface area contributed by atoms with Gasteiger partial charge in [-0.2, -0.15) is 0 Å². The molecule has 7 heteroatoms. The van der Waals surface area contributed by atoms with Crippen molar-refractivity contribution in [3.05, 3.63) is 54.2 Å². The van der Waals surface area contributed by atoms with Crippen LogP contribution in [0.5, 0.6) is 5.75 Å². The first-order chi connectivity index (χ1) is 13.0. The van der Waals surface area contributed by atoms with Crippen molar-refractivity contribution >= 4 is 5.91 Å². The summed E-state index contributed by atoms with van der Waals surface area (Å²) >= 11 is 0. The molecule has 27 heavy (non-hydrogen) atoms. The van der Waals surface area contributed by atoms with Gasteiger partial charge in [-0.05, 0) is 19.1 Å². The van der Waals surface area contributed by atoms with E-state index in [1.165, 1.54) is 0 Å². The Bertz CT molecular complexity index is 913. The van der Waals surface area contributed by atoms with Gasteiger partial charge in [-0.3, -0.25) is 4.79 Å². The maximum Gasteiger partial charge on any atom is 0.243 e. The van der Waals surface area contributed by atoms with Crippen molar-refractivity contribution in [2.75, 3.05) is 7.11 Å². The summed E-state index contributed by atoms with van der Waals surface area (Å²) in [5.41, 5.74) is 1.52. The molecule has 1 atom stereocenters. The third-order valence-electron chi connectivity index (χ3n) is 4.37. The number of methoxy groups -OCH3 is 1. The lowest BCUT2D eigenvalue weighted by Crippen LogP contribution is -2.31. The number of hydrogen-bond acceptors (Lipinski definition) is 5. The second-order valence-electron chi connectivity index (χ2n) is 6.66. The minimum atomic E-state index is -0.352. The smallest absolute Gasteiger partial charge is 0.243 e. The number of benzene rings is 1. The number of aromatic nitrogens is 3. The molecule has 2 aromatic heterocycles. The Morgan fingerprint density at radius 2 is 2.11 bits per heavy atom. The average molecular weight is 368 g/mol. The minimum Gasteiger partial charge on any atom is -0.497 e. The largest absolute Gasteiger partial charge is 0.497 e. The Hall–Kier alpha value is -3.09. The molecule has 0 bridgehead atoms. The molecule has 0 aliphatic rings. The van der Waals surface area contributed by atoms with Crippen molar-refractivity contribution in [3.63, 3.8) is 0 Å². The van der Waals surface area contributed by atoms with Gasteiger partial charge < -0.3 is 19.1 Å². The van der Waals surface area contributed by atoms with Gasteiger partial charge in [0.1, 0.15) is 23.3 Å². The summed E-state index contributed by atoms with van der Waals surface area (Å²) in [6.45, 7) is 6.26. The van der Waals surface area contributed by atoms with Gasteiger partial charge in [-0.25, -0.2) is 4.98 Å². The van der Waals surface area contributed by atoms with E-state index in [1.54, 1.807) is 13.3 Å². The van der Waals surface area contributed by atoms with Crippen LogP contribution in [-0.4, -0.2) is 27.7 Å². The highest BCUT2D eigenvalue weighted by atomic mass is 16.5. The molecule has 0 fully saturated rings. The fourth-order valence-electron chi connectivity index (χ4n) is 2.86. The lowest BCUT2D eigenvalue weighted by atomic mass is 10.1. The van der Waals surface area contributed by atoms with Gasteiger partial charge in [0.2, 0.25) is 5.91 Å². The molecule has 0 saturated carbocycles. The monoisotopic (exact) mass is 368 g/mol. The van der Waals surface area contributed by atoms with Gasteiger partial charge in [-0.15, -0.1) is 0 Å². The molecule has 0 radical (unpaired) electrons. The molecule has 3 rings (SSSR count). The number of hydrogen-bond donors (Lipinski definition) is 1. The van der Waals surface area contributed by atoms with E-state index in [4.69, 9.17) is 9.26 Å². The second-order valence-corrected chi connectivity index (χ2v) is 6.66. The fraction of sp³-hybridized carbons (Fsp3) is 0.350. The number of rotatable bonds is 7. The molecule has 7 nitrogen and oxygen atoms in total. The van der Waals surface area contributed by atoms with Crippen LogP contribution >= 0.6 is 0 Å². The molecule has 1 N–H and O–H groups in total. The molecular weight excluding hydrogens is 344 g/mol. The highest BCUT2D eigenvalue weighted by Crippen LogP contribution is 2.24. The minimum absolute atomic E-state index is 0.0965. The van der Waals surface area contributed by atoms with E-state index in [9.17, 15) is 4.79 Å². The van der Waals surface area contributed by atoms with Crippen LogP contribution in [0.3, 0.4) is 0 Å². The van der Waals surface area contributed by atoms with Crippen LogP contribution in [0.4, 0.5) is 0 Å². The zero-order chi connectivity index (χ0) is 19.4. The molecule has 0 spiro atoms. The summed E-state index contributed by atoms with van der Waals surface area (Å²) in [4.78, 5) is 16.8. The number of imidazole rings is 1. The van der Waals surface area contributed by atoms with Crippen molar-refractivity contribution in [2.45, 2.75) is 39.3 Å². The van der Waals surface area contributed by atoms with Crippen molar-refractivity contribution in [3.8, 4) is 17.1 Å². The summed E-state index contributed by atoms with van der Waals surface area (Å²) in [7, 11) is 1.62. The SMILES string of the molecule is COc1cccc(-c2cc(CNC(=O)C(C)n3ccnc3C(C)C)no2)c1. The normalized spacial score (nSPS) is 12.2. The molecule has 3 aromatic rings. The summed E-state index contributed by atoms with van der Waals surface area (Å²) in [6.07, 6.45) is 3.55. The van der Waals surface area contributed by atoms with Crippen molar-refractivity contribution in [1.29, 1.82) is 0 Å². The molecule has 1 amide bonds. The number of nitrogens with one attached hydrogen (secondary N) is 1. The standard InChI is InChI=1S/C20H24N4O3/c1-13(2)19-21-8-9-24(19)14(3)20(25)22-12-16-11-18(27-23-16)15-6-5-7-17(10-15)26-4/h5-11,13-14H,12H2,1-4H3,(H,22,25). The summed E-state index contributed by atoms with van der Waals surface area (Å²) in [6, 6.07) is 9.00. The van der Waals surface area contributed by atoms with E-state index >= 15 is 0 Å². The lowest BCUT2D eigenvalue weighted by molar-refractivity contribution is -0.124. The molecule has 1 unspecified atom stereocenters. The number of ether oxygens (including phenoxy) is 1. The number of nitrogens with zero attached hydrogens (tertiary/aromatic N) is 3. The van der Waals surface area contributed by atoms with Gasteiger partial charge in [0.05, 0.1) is 13.7 Å². The Balaban J connectivity index is 1.64. The van der Waals surface area contributed by atoms with Gasteiger partial charge in [0.25, 0.3) is 0 Å². The highest BCUT2D eigenvalue weighted by molar-refractivity contribution is 5.80. The first kappa shape index (κ1) is 18.7. The highest BCUT2D eigenvalue weighted by Gasteiger charge is 2.19. The maximum atomic E-state index is 12.5. The fourth-order valence-corrected chi connectivity index (χ4v) is 2.86. The van der Waals surface area contributed by atoms with Crippen molar-refractivity contribution < 1.29 is 14.1 Å². The predicted molar refractivity (Wildman–Crippen MR) is 101 cm³/mol. The Labute approximate surface area is 158 Å². The topological polar surface area (TPSA) is 82.2 Å². The first-order valence-electron chi connectivity index (χ1n) is 8.90. The molecule has 0 aliphatic heterocycles. The third-order valence-corrected chi connectivity index (χ3v) is 4.37. The van der Waals surface area contributed by atoms with Crippen molar-refractivity contribution in [1.82, 2.24) is 20.0 Å². The predicted octanol–water partition coefficient (Wildman–Crippen LogP) is 3.55. The van der Waals surface area contributed by atoms with Gasteiger partial charge in [0.15, 0.2) is 5.76 Å².